The Kier molecular flexibility index (Phi) is 19.2. The molecule has 2 nitrogen and oxygen atoms in total. The Bertz CT molecular complexity index is 22.4. The van der Waals surface area contributed by atoms with Crippen molar-refractivity contribution < 1.29 is 0 Å². The van der Waals surface area contributed by atoms with Crippen LogP contribution in [-0.2, 0) is 0 Å². The molecule has 0 fully saturated rings. The molecule has 0 aliphatic rings. The number of nitrogens with two attached hydrogens (primary N) is 2. The van der Waals surface area contributed by atoms with Crippen molar-refractivity contribution in [1.82, 2.24) is 0 Å². The second-order valence-corrected chi connectivity index (χ2v) is 2.49. The van der Waals surface area contributed by atoms with Gasteiger partial charge in [0, 0.05) is 0 Å². The first-order valence-electron chi connectivity index (χ1n) is 2.98. The first-order valence-corrected chi connectivity index (χ1v) is 2.98. The summed E-state index contributed by atoms with van der Waals surface area (Å²) in [6.45, 7) is 7.78. The standard InChI is InChI=1S/2C3H9N.CH4/c2*1-3(2)4;/h2*3H,4H2,1-2H3;1H4. The zero-order valence-electron chi connectivity index (χ0n) is 6.31. The fourth-order valence-electron chi connectivity index (χ4n) is 0. The Morgan fingerprint density at radius 2 is 0.778 bits per heavy atom. The maximum Gasteiger partial charge on any atom is -0.00179 e. The third-order valence-electron chi connectivity index (χ3n) is 0. The highest BCUT2D eigenvalue weighted by Gasteiger charge is 1.67. The highest BCUT2D eigenvalue weighted by molar-refractivity contribution is 4.32. The molecule has 0 aliphatic carbocycles. The Morgan fingerprint density at radius 3 is 0.778 bits per heavy atom. The van der Waals surface area contributed by atoms with Crippen molar-refractivity contribution >= 4 is 0 Å². The van der Waals surface area contributed by atoms with Gasteiger partial charge in [-0.15, -0.1) is 0 Å². The summed E-state index contributed by atoms with van der Waals surface area (Å²) < 4.78 is 0. The Labute approximate surface area is 59.6 Å². The van der Waals surface area contributed by atoms with Gasteiger partial charge in [-0.3, -0.25) is 0 Å². The first-order chi connectivity index (χ1) is 3.46. The second-order valence-electron chi connectivity index (χ2n) is 2.49. The zero-order valence-corrected chi connectivity index (χ0v) is 6.31. The van der Waals surface area contributed by atoms with Crippen LogP contribution in [0.5, 0.6) is 0 Å². The fourth-order valence-corrected chi connectivity index (χ4v) is 0. The van der Waals surface area contributed by atoms with Gasteiger partial charge in [-0.2, -0.15) is 0 Å². The molecule has 0 heterocycles. The van der Waals surface area contributed by atoms with Crippen LogP contribution in [-0.4, -0.2) is 12.1 Å². The molecule has 0 bridgehead atoms. The Morgan fingerprint density at radius 1 is 0.778 bits per heavy atom. The molecule has 0 aliphatic heterocycles. The predicted octanol–water partition coefficient (Wildman–Crippen LogP) is 1.34. The quantitative estimate of drug-likeness (QED) is 0.525. The summed E-state index contributed by atoms with van der Waals surface area (Å²) in [6, 6.07) is 0.667. The van der Waals surface area contributed by atoms with E-state index < -0.39 is 0 Å². The van der Waals surface area contributed by atoms with Crippen LogP contribution in [0, 0.1) is 0 Å². The molecule has 4 N–H and O–H groups in total. The summed E-state index contributed by atoms with van der Waals surface area (Å²) in [5.74, 6) is 0. The third-order valence-corrected chi connectivity index (χ3v) is 0. The van der Waals surface area contributed by atoms with Crippen molar-refractivity contribution in [3.63, 3.8) is 0 Å². The van der Waals surface area contributed by atoms with Crippen LogP contribution in [0.3, 0.4) is 0 Å². The topological polar surface area (TPSA) is 52.0 Å². The van der Waals surface area contributed by atoms with Gasteiger partial charge >= 0.3 is 0 Å². The summed E-state index contributed by atoms with van der Waals surface area (Å²) in [5, 5.41) is 0. The van der Waals surface area contributed by atoms with E-state index in [0.717, 1.165) is 0 Å². The molecule has 0 spiro atoms. The van der Waals surface area contributed by atoms with Gasteiger partial charge in [0.1, 0.15) is 0 Å². The summed E-state index contributed by atoms with van der Waals surface area (Å²) >= 11 is 0. The number of rotatable bonds is 0. The SMILES string of the molecule is C.CC(C)N.CC(C)N. The second kappa shape index (κ2) is 10.8. The minimum absolute atomic E-state index is 0. The lowest BCUT2D eigenvalue weighted by atomic mass is 10.4. The molecule has 9 heavy (non-hydrogen) atoms. The highest BCUT2D eigenvalue weighted by atomic mass is 14.6. The minimum Gasteiger partial charge on any atom is -0.328 e. The summed E-state index contributed by atoms with van der Waals surface area (Å²) in [4.78, 5) is 0. The molecule has 0 radical (unpaired) electrons. The number of hydrogen-bond acceptors (Lipinski definition) is 2. The first kappa shape index (κ1) is 16.0. The van der Waals surface area contributed by atoms with E-state index >= 15 is 0 Å². The van der Waals surface area contributed by atoms with E-state index in [1.807, 2.05) is 27.7 Å². The van der Waals surface area contributed by atoms with Gasteiger partial charge in [0.2, 0.25) is 0 Å². The molecular weight excluding hydrogens is 112 g/mol. The molecule has 0 aromatic rings. The van der Waals surface area contributed by atoms with Crippen LogP contribution in [0.15, 0.2) is 0 Å². The van der Waals surface area contributed by atoms with Gasteiger partial charge in [0.25, 0.3) is 0 Å². The molecule has 0 saturated carbocycles. The van der Waals surface area contributed by atoms with E-state index in [0.29, 0.717) is 12.1 Å². The monoisotopic (exact) mass is 134 g/mol. The molecule has 0 saturated heterocycles. The maximum atomic E-state index is 5.11. The van der Waals surface area contributed by atoms with E-state index in [1.165, 1.54) is 0 Å². The molecule has 0 amide bonds. The van der Waals surface area contributed by atoms with Crippen LogP contribution < -0.4 is 11.5 Å². The highest BCUT2D eigenvalue weighted by Crippen LogP contribution is 1.58. The average molecular weight is 134 g/mol. The summed E-state index contributed by atoms with van der Waals surface area (Å²) in [7, 11) is 0. The minimum atomic E-state index is 0. The van der Waals surface area contributed by atoms with Gasteiger partial charge in [-0.25, -0.2) is 0 Å². The van der Waals surface area contributed by atoms with Gasteiger partial charge < -0.3 is 11.5 Å². The maximum absolute atomic E-state index is 5.11. The van der Waals surface area contributed by atoms with Crippen LogP contribution in [0.4, 0.5) is 0 Å². The smallest absolute Gasteiger partial charge is 0.00179 e. The van der Waals surface area contributed by atoms with Crippen molar-refractivity contribution in [2.75, 3.05) is 0 Å². The van der Waals surface area contributed by atoms with Crippen molar-refractivity contribution in [2.45, 2.75) is 47.2 Å². The molecule has 60 valence electrons. The van der Waals surface area contributed by atoms with Crippen LogP contribution >= 0.6 is 0 Å². The summed E-state index contributed by atoms with van der Waals surface area (Å²) in [6.07, 6.45) is 0. The van der Waals surface area contributed by atoms with Gasteiger partial charge in [-0.1, -0.05) is 35.1 Å². The average Bonchev–Trinajstić information content (AvgIpc) is 1.25. The lowest BCUT2D eigenvalue weighted by Crippen LogP contribution is -2.07. The van der Waals surface area contributed by atoms with Crippen LogP contribution in [0.1, 0.15) is 35.1 Å². The lowest BCUT2D eigenvalue weighted by molar-refractivity contribution is 0.834. The van der Waals surface area contributed by atoms with E-state index in [-0.39, 0.29) is 7.43 Å². The Balaban J connectivity index is -0.0000000720. The van der Waals surface area contributed by atoms with Gasteiger partial charge in [-0.05, 0) is 12.1 Å². The van der Waals surface area contributed by atoms with E-state index in [2.05, 4.69) is 0 Å². The van der Waals surface area contributed by atoms with E-state index in [1.54, 1.807) is 0 Å². The van der Waals surface area contributed by atoms with Gasteiger partial charge in [0.15, 0.2) is 0 Å². The largest absolute Gasteiger partial charge is 0.328 e. The van der Waals surface area contributed by atoms with Crippen molar-refractivity contribution in [3.8, 4) is 0 Å². The van der Waals surface area contributed by atoms with Gasteiger partial charge in [0.05, 0.1) is 0 Å². The Hall–Kier alpha value is -0.0800. The van der Waals surface area contributed by atoms with Crippen molar-refractivity contribution in [2.24, 2.45) is 11.5 Å². The van der Waals surface area contributed by atoms with Crippen LogP contribution in [0.25, 0.3) is 0 Å². The predicted molar refractivity (Wildman–Crippen MR) is 45.4 cm³/mol. The molecule has 0 atom stereocenters. The summed E-state index contributed by atoms with van der Waals surface area (Å²) in [5.41, 5.74) is 10.2. The molecule has 2 heteroatoms. The normalized spacial score (nSPS) is 8.00. The van der Waals surface area contributed by atoms with E-state index in [9.17, 15) is 0 Å². The molecule has 0 aromatic carbocycles. The molecule has 0 rings (SSSR count). The lowest BCUT2D eigenvalue weighted by Gasteiger charge is -1.81. The third kappa shape index (κ3) is 43400. The van der Waals surface area contributed by atoms with Crippen molar-refractivity contribution in [3.05, 3.63) is 0 Å². The zero-order chi connectivity index (χ0) is 7.15. The molecular formula is C7H22N2. The van der Waals surface area contributed by atoms with Crippen molar-refractivity contribution in [1.29, 1.82) is 0 Å². The van der Waals surface area contributed by atoms with E-state index in [4.69, 9.17) is 11.5 Å². The molecule has 0 aromatic heterocycles. The fraction of sp³-hybridized carbons (Fsp3) is 1.00. The molecule has 0 unspecified atom stereocenters. The number of hydrogen-bond donors (Lipinski definition) is 2. The van der Waals surface area contributed by atoms with Crippen LogP contribution in [0.2, 0.25) is 0 Å².